The molecule has 0 fully saturated rings. The average molecular weight is 859 g/mol. The Labute approximate surface area is 386 Å². The molecule has 0 aliphatic heterocycles. The van der Waals surface area contributed by atoms with E-state index in [1.165, 1.54) is 21.0 Å². The van der Waals surface area contributed by atoms with Gasteiger partial charge in [0.2, 0.25) is 0 Å². The van der Waals surface area contributed by atoms with Crippen LogP contribution in [0.15, 0.2) is 206 Å². The summed E-state index contributed by atoms with van der Waals surface area (Å²) in [5.74, 6) is 5.06. The first-order chi connectivity index (χ1) is 32.5. The van der Waals surface area contributed by atoms with Crippen LogP contribution in [0.3, 0.4) is 0 Å². The van der Waals surface area contributed by atoms with Crippen LogP contribution in [0.2, 0.25) is 0 Å². The molecule has 0 radical (unpaired) electrons. The molecule has 9 aromatic carbocycles. The normalized spacial score (nSPS) is 11.4. The quantitative estimate of drug-likeness (QED) is 0.150. The second-order valence-corrected chi connectivity index (χ2v) is 17.6. The number of aromatic nitrogens is 4. The largest absolute Gasteiger partial charge is 0.247 e. The molecule has 5 heteroatoms. The molecule has 66 heavy (non-hydrogen) atoms. The van der Waals surface area contributed by atoms with Crippen molar-refractivity contribution < 1.29 is 0 Å². The van der Waals surface area contributed by atoms with E-state index in [1.807, 2.05) is 66.7 Å². The summed E-state index contributed by atoms with van der Waals surface area (Å²) in [5, 5.41) is 6.83. The fraction of sp³-hybridized carbons (Fsp3) is 0.0164. The number of terminal acetylenes is 1. The van der Waals surface area contributed by atoms with Crippen LogP contribution in [0.4, 0.5) is 0 Å². The first-order valence-electron chi connectivity index (χ1n) is 22.0. The van der Waals surface area contributed by atoms with Gasteiger partial charge in [-0.05, 0) is 98.8 Å². The van der Waals surface area contributed by atoms with Gasteiger partial charge >= 0.3 is 0 Å². The zero-order valence-electron chi connectivity index (χ0n) is 35.9. The Morgan fingerprint density at radius 1 is 0.394 bits per heavy atom. The second kappa shape index (κ2) is 16.2. The van der Waals surface area contributed by atoms with Gasteiger partial charge in [-0.3, -0.25) is 0 Å². The molecule has 3 heterocycles. The predicted octanol–water partition coefficient (Wildman–Crippen LogP) is 15.9. The molecular formula is C61H38N4S. The first-order valence-corrected chi connectivity index (χ1v) is 22.8. The smallest absolute Gasteiger partial charge is 0.164 e. The van der Waals surface area contributed by atoms with Gasteiger partial charge in [-0.1, -0.05) is 170 Å². The number of benzene rings is 9. The van der Waals surface area contributed by atoms with E-state index in [2.05, 4.69) is 152 Å². The van der Waals surface area contributed by atoms with E-state index >= 15 is 0 Å². The van der Waals surface area contributed by atoms with E-state index in [1.54, 1.807) is 11.3 Å². The number of pyridine rings is 1. The predicted molar refractivity (Wildman–Crippen MR) is 276 cm³/mol. The third-order valence-corrected chi connectivity index (χ3v) is 13.7. The molecule has 3 aromatic heterocycles. The third-order valence-electron chi connectivity index (χ3n) is 12.5. The molecule has 0 saturated carbocycles. The molecule has 0 spiro atoms. The maximum atomic E-state index is 6.41. The molecule has 4 nitrogen and oxygen atoms in total. The molecule has 0 saturated heterocycles. The van der Waals surface area contributed by atoms with Crippen molar-refractivity contribution in [1.29, 1.82) is 0 Å². The Morgan fingerprint density at radius 3 is 1.38 bits per heavy atom. The van der Waals surface area contributed by atoms with E-state index in [9.17, 15) is 0 Å². The van der Waals surface area contributed by atoms with Gasteiger partial charge in [0, 0.05) is 43.3 Å². The van der Waals surface area contributed by atoms with Crippen LogP contribution in [0, 0.1) is 19.3 Å². The SMILES string of the molecule is C#Cc1c(-c2c(C)c(-c3ccccc3)nc3ccccc23)sc2ccc(-c3ccc4cc(-c5ccc6cc(-c7nc(-c8ccccc8)nc(-c8ccccc8)n7)ccc6c5)ccc4c3)cc12. The van der Waals surface area contributed by atoms with Crippen molar-refractivity contribution in [3.05, 3.63) is 217 Å². The lowest BCUT2D eigenvalue weighted by atomic mass is 9.93. The highest BCUT2D eigenvalue weighted by molar-refractivity contribution is 7.22. The minimum atomic E-state index is 0.644. The molecule has 308 valence electrons. The standard InChI is InChI=1S/C61H38N4S/c1-3-51-53-37-49(31-32-55(53)66-58(51)56-38(2)57(39-15-7-4-8-16-39)62-54-22-14-13-21-52(54)56)47-27-25-43-33-42(23-24-45(43)35-47)44-26-28-48-36-50(30-29-46(48)34-44)61-64-59(40-17-9-5-10-18-40)63-60(65-61)41-19-11-6-12-20-41/h1,4-37H,2H3. The van der Waals surface area contributed by atoms with Crippen LogP contribution < -0.4 is 0 Å². The van der Waals surface area contributed by atoms with Crippen LogP contribution in [0.5, 0.6) is 0 Å². The highest BCUT2D eigenvalue weighted by Gasteiger charge is 2.21. The first kappa shape index (κ1) is 39.1. The lowest BCUT2D eigenvalue weighted by Gasteiger charge is -2.14. The molecule has 0 atom stereocenters. The van der Waals surface area contributed by atoms with Gasteiger partial charge in [-0.25, -0.2) is 19.9 Å². The van der Waals surface area contributed by atoms with Crippen LogP contribution in [-0.2, 0) is 0 Å². The maximum absolute atomic E-state index is 6.41. The molecule has 12 aromatic rings. The zero-order valence-corrected chi connectivity index (χ0v) is 36.7. The Balaban J connectivity index is 0.860. The monoisotopic (exact) mass is 858 g/mol. The summed E-state index contributed by atoms with van der Waals surface area (Å²) in [6.07, 6.45) is 6.41. The fourth-order valence-electron chi connectivity index (χ4n) is 9.18. The molecule has 0 aliphatic carbocycles. The third kappa shape index (κ3) is 6.98. The van der Waals surface area contributed by atoms with E-state index in [0.29, 0.717) is 17.5 Å². The number of hydrogen-bond donors (Lipinski definition) is 0. The van der Waals surface area contributed by atoms with Crippen molar-refractivity contribution in [3.63, 3.8) is 0 Å². The van der Waals surface area contributed by atoms with Crippen molar-refractivity contribution >= 4 is 53.9 Å². The topological polar surface area (TPSA) is 51.6 Å². The van der Waals surface area contributed by atoms with Gasteiger partial charge in [0.1, 0.15) is 0 Å². The van der Waals surface area contributed by atoms with E-state index in [0.717, 1.165) is 93.3 Å². The number of fused-ring (bicyclic) bond motifs is 4. The Kier molecular flexibility index (Phi) is 9.60. The summed E-state index contributed by atoms with van der Waals surface area (Å²) in [6.45, 7) is 2.17. The van der Waals surface area contributed by atoms with Crippen molar-refractivity contribution in [2.75, 3.05) is 0 Å². The van der Waals surface area contributed by atoms with E-state index in [-0.39, 0.29) is 0 Å². The number of hydrogen-bond acceptors (Lipinski definition) is 5. The van der Waals surface area contributed by atoms with Crippen molar-refractivity contribution in [3.8, 4) is 90.5 Å². The molecule has 0 amide bonds. The van der Waals surface area contributed by atoms with Crippen molar-refractivity contribution in [1.82, 2.24) is 19.9 Å². The van der Waals surface area contributed by atoms with Gasteiger partial charge in [-0.15, -0.1) is 17.8 Å². The van der Waals surface area contributed by atoms with Gasteiger partial charge in [0.05, 0.1) is 21.7 Å². The van der Waals surface area contributed by atoms with Gasteiger partial charge < -0.3 is 0 Å². The fourth-order valence-corrected chi connectivity index (χ4v) is 10.4. The Bertz CT molecular complexity index is 3830. The summed E-state index contributed by atoms with van der Waals surface area (Å²) in [5.41, 5.74) is 13.7. The van der Waals surface area contributed by atoms with Crippen LogP contribution >= 0.6 is 11.3 Å². The van der Waals surface area contributed by atoms with Gasteiger partial charge in [-0.2, -0.15) is 0 Å². The van der Waals surface area contributed by atoms with Crippen LogP contribution in [0.1, 0.15) is 11.1 Å². The van der Waals surface area contributed by atoms with Crippen molar-refractivity contribution in [2.45, 2.75) is 6.92 Å². The van der Waals surface area contributed by atoms with Crippen molar-refractivity contribution in [2.24, 2.45) is 0 Å². The summed E-state index contributed by atoms with van der Waals surface area (Å²) in [7, 11) is 0. The van der Waals surface area contributed by atoms with Crippen LogP contribution in [-0.4, -0.2) is 19.9 Å². The van der Waals surface area contributed by atoms with Crippen LogP contribution in [0.25, 0.3) is 121 Å². The lowest BCUT2D eigenvalue weighted by Crippen LogP contribution is -2.00. The summed E-state index contributed by atoms with van der Waals surface area (Å²) in [6, 6.07) is 72.2. The van der Waals surface area contributed by atoms with E-state index < -0.39 is 0 Å². The summed E-state index contributed by atoms with van der Waals surface area (Å²) >= 11 is 1.76. The minimum Gasteiger partial charge on any atom is -0.247 e. The number of rotatable bonds is 7. The molecule has 0 unspecified atom stereocenters. The summed E-state index contributed by atoms with van der Waals surface area (Å²) < 4.78 is 1.17. The number of thiophene rings is 1. The van der Waals surface area contributed by atoms with Gasteiger partial charge in [0.25, 0.3) is 0 Å². The zero-order chi connectivity index (χ0) is 44.1. The molecule has 0 aliphatic rings. The highest BCUT2D eigenvalue weighted by atomic mass is 32.1. The second-order valence-electron chi connectivity index (χ2n) is 16.6. The summed E-state index contributed by atoms with van der Waals surface area (Å²) in [4.78, 5) is 21.0. The molecule has 12 rings (SSSR count). The molecular weight excluding hydrogens is 821 g/mol. The molecule has 0 N–H and O–H groups in total. The molecule has 0 bridgehead atoms. The van der Waals surface area contributed by atoms with Gasteiger partial charge in [0.15, 0.2) is 17.5 Å². The minimum absolute atomic E-state index is 0.644. The average Bonchev–Trinajstić information content (AvgIpc) is 3.75. The Morgan fingerprint density at radius 2 is 0.833 bits per heavy atom. The highest BCUT2D eigenvalue weighted by Crippen LogP contribution is 2.45. The maximum Gasteiger partial charge on any atom is 0.164 e. The Hall–Kier alpha value is -8.56. The number of nitrogens with zero attached hydrogens (tertiary/aromatic N) is 4. The van der Waals surface area contributed by atoms with E-state index in [4.69, 9.17) is 26.4 Å². The number of para-hydroxylation sites is 1. The lowest BCUT2D eigenvalue weighted by molar-refractivity contribution is 1.07.